The molecule has 2 aromatic carbocycles. The number of carbonyl (C=O) groups excluding carboxylic acids is 2. The number of esters is 1. The molecule has 1 amide bonds. The zero-order chi connectivity index (χ0) is 24.2. The third-order valence-corrected chi connectivity index (χ3v) is 6.98. The minimum atomic E-state index is -0.518. The first-order valence-electron chi connectivity index (χ1n) is 10.3. The van der Waals surface area contributed by atoms with Crippen LogP contribution in [-0.4, -0.2) is 32.7 Å². The fraction of sp³-hybridized carbons (Fsp3) is 0.167. The number of phenolic OH excluding ortho intramolecular Hbond substituents is 1. The van der Waals surface area contributed by atoms with Crippen molar-refractivity contribution >= 4 is 50.9 Å². The molecule has 0 aliphatic carbocycles. The Morgan fingerprint density at radius 2 is 1.94 bits per heavy atom. The Labute approximate surface area is 203 Å². The van der Waals surface area contributed by atoms with Crippen LogP contribution in [0.25, 0.3) is 10.2 Å². The number of anilines is 1. The highest BCUT2D eigenvalue weighted by Crippen LogP contribution is 2.29. The molecular weight excluding hydrogens is 474 g/mol. The third-order valence-electron chi connectivity index (χ3n) is 4.94. The number of hydrogen-bond donors (Lipinski definition) is 3. The number of aryl methyl sites for hydroxylation is 2. The number of thioether (sulfide) groups is 1. The normalized spacial score (nSPS) is 10.9. The molecular formula is C24H21N3O5S2. The van der Waals surface area contributed by atoms with Gasteiger partial charge in [0.25, 0.3) is 5.56 Å². The number of phenols is 1. The summed E-state index contributed by atoms with van der Waals surface area (Å²) in [5.74, 6) is -0.938. The fourth-order valence-electron chi connectivity index (χ4n) is 3.25. The molecule has 3 N–H and O–H groups in total. The standard InChI is InChI=1S/C24H21N3O5S2/c1-13-8-9-17(28)16(10-13)25-18(29)12-33-24-26-21(30)19-14(2)20(34-22(19)27-24)23(31)32-11-15-6-4-3-5-7-15/h3-10,28H,11-12H2,1-2H3,(H,25,29)(H,26,27,30). The van der Waals surface area contributed by atoms with E-state index < -0.39 is 5.97 Å². The highest BCUT2D eigenvalue weighted by atomic mass is 32.2. The smallest absolute Gasteiger partial charge is 0.349 e. The van der Waals surface area contributed by atoms with E-state index in [1.54, 1.807) is 19.1 Å². The summed E-state index contributed by atoms with van der Waals surface area (Å²) in [5, 5.41) is 13.1. The van der Waals surface area contributed by atoms with Gasteiger partial charge in [-0.25, -0.2) is 9.78 Å². The predicted molar refractivity (Wildman–Crippen MR) is 133 cm³/mol. The molecule has 0 radical (unpaired) electrons. The third kappa shape index (κ3) is 5.29. The molecule has 0 bridgehead atoms. The molecule has 0 aliphatic heterocycles. The number of fused-ring (bicyclic) bond motifs is 1. The number of ether oxygens (including phenoxy) is 1. The molecule has 4 aromatic rings. The summed E-state index contributed by atoms with van der Waals surface area (Å²) in [6, 6.07) is 14.2. The molecule has 0 fully saturated rings. The monoisotopic (exact) mass is 495 g/mol. The summed E-state index contributed by atoms with van der Waals surface area (Å²) in [6.45, 7) is 3.66. The van der Waals surface area contributed by atoms with Crippen molar-refractivity contribution in [3.8, 4) is 5.75 Å². The Kier molecular flexibility index (Phi) is 6.99. The zero-order valence-electron chi connectivity index (χ0n) is 18.4. The van der Waals surface area contributed by atoms with Gasteiger partial charge in [0.05, 0.1) is 16.8 Å². The van der Waals surface area contributed by atoms with Crippen LogP contribution in [0.3, 0.4) is 0 Å². The lowest BCUT2D eigenvalue weighted by molar-refractivity contribution is -0.113. The molecule has 0 aliphatic rings. The Morgan fingerprint density at radius 1 is 1.18 bits per heavy atom. The summed E-state index contributed by atoms with van der Waals surface area (Å²) in [4.78, 5) is 45.4. The van der Waals surface area contributed by atoms with E-state index in [2.05, 4.69) is 15.3 Å². The number of benzene rings is 2. The van der Waals surface area contributed by atoms with Crippen molar-refractivity contribution in [1.82, 2.24) is 9.97 Å². The van der Waals surface area contributed by atoms with Crippen LogP contribution in [0.15, 0.2) is 58.5 Å². The summed E-state index contributed by atoms with van der Waals surface area (Å²) < 4.78 is 5.40. The van der Waals surface area contributed by atoms with E-state index in [9.17, 15) is 19.5 Å². The minimum Gasteiger partial charge on any atom is -0.506 e. The van der Waals surface area contributed by atoms with Crippen molar-refractivity contribution in [2.75, 3.05) is 11.1 Å². The number of carbonyl (C=O) groups is 2. The van der Waals surface area contributed by atoms with Crippen molar-refractivity contribution in [1.29, 1.82) is 0 Å². The molecule has 0 saturated carbocycles. The van der Waals surface area contributed by atoms with Gasteiger partial charge >= 0.3 is 5.97 Å². The summed E-state index contributed by atoms with van der Waals surface area (Å²) in [5.41, 5.74) is 2.19. The van der Waals surface area contributed by atoms with E-state index in [1.807, 2.05) is 37.3 Å². The topological polar surface area (TPSA) is 121 Å². The largest absolute Gasteiger partial charge is 0.506 e. The molecule has 174 valence electrons. The van der Waals surface area contributed by atoms with E-state index in [4.69, 9.17) is 4.74 Å². The Balaban J connectivity index is 1.46. The van der Waals surface area contributed by atoms with E-state index >= 15 is 0 Å². The van der Waals surface area contributed by atoms with Gasteiger partial charge in [0, 0.05) is 0 Å². The van der Waals surface area contributed by atoms with Crippen LogP contribution in [0.4, 0.5) is 5.69 Å². The molecule has 8 nitrogen and oxygen atoms in total. The van der Waals surface area contributed by atoms with Gasteiger partial charge in [-0.1, -0.05) is 48.2 Å². The Bertz CT molecular complexity index is 1430. The van der Waals surface area contributed by atoms with Gasteiger partial charge in [-0.05, 0) is 42.7 Å². The van der Waals surface area contributed by atoms with Crippen LogP contribution in [0, 0.1) is 13.8 Å². The maximum absolute atomic E-state index is 12.7. The number of hydrogen-bond acceptors (Lipinski definition) is 8. The number of nitrogens with zero attached hydrogens (tertiary/aromatic N) is 1. The van der Waals surface area contributed by atoms with E-state index in [0.29, 0.717) is 26.3 Å². The molecule has 2 aromatic heterocycles. The highest BCUT2D eigenvalue weighted by molar-refractivity contribution is 7.99. The molecule has 34 heavy (non-hydrogen) atoms. The lowest BCUT2D eigenvalue weighted by Gasteiger charge is -2.08. The number of thiophene rings is 1. The second kappa shape index (κ2) is 10.1. The average molecular weight is 496 g/mol. The number of rotatable bonds is 7. The number of aromatic hydroxyl groups is 1. The predicted octanol–water partition coefficient (Wildman–Crippen LogP) is 4.39. The SMILES string of the molecule is Cc1ccc(O)c(NC(=O)CSc2nc3sc(C(=O)OCc4ccccc4)c(C)c3c(=O)[nH]2)c1. The summed E-state index contributed by atoms with van der Waals surface area (Å²) >= 11 is 2.13. The fourth-order valence-corrected chi connectivity index (χ4v) is 5.04. The lowest BCUT2D eigenvalue weighted by Crippen LogP contribution is -2.15. The first kappa shape index (κ1) is 23.5. The maximum atomic E-state index is 12.7. The van der Waals surface area contributed by atoms with Gasteiger partial charge in [0.1, 0.15) is 22.1 Å². The molecule has 10 heteroatoms. The second-order valence-electron chi connectivity index (χ2n) is 7.53. The quantitative estimate of drug-likeness (QED) is 0.150. The van der Waals surface area contributed by atoms with Crippen molar-refractivity contribution in [3.05, 3.63) is 80.5 Å². The zero-order valence-corrected chi connectivity index (χ0v) is 20.0. The van der Waals surface area contributed by atoms with Gasteiger partial charge in [-0.3, -0.25) is 9.59 Å². The Morgan fingerprint density at radius 3 is 2.71 bits per heavy atom. The van der Waals surface area contributed by atoms with Gasteiger partial charge in [-0.15, -0.1) is 11.3 Å². The molecule has 0 saturated heterocycles. The number of aromatic amines is 1. The molecule has 0 spiro atoms. The van der Waals surface area contributed by atoms with Crippen LogP contribution < -0.4 is 10.9 Å². The van der Waals surface area contributed by atoms with Gasteiger partial charge in [-0.2, -0.15) is 0 Å². The van der Waals surface area contributed by atoms with Gasteiger partial charge in [0.2, 0.25) is 5.91 Å². The number of amides is 1. The van der Waals surface area contributed by atoms with E-state index in [0.717, 1.165) is 34.2 Å². The maximum Gasteiger partial charge on any atom is 0.349 e. The summed E-state index contributed by atoms with van der Waals surface area (Å²) in [6.07, 6.45) is 0. The van der Waals surface area contributed by atoms with Crippen molar-refractivity contribution in [3.63, 3.8) is 0 Å². The highest BCUT2D eigenvalue weighted by Gasteiger charge is 2.21. The summed E-state index contributed by atoms with van der Waals surface area (Å²) in [7, 11) is 0. The van der Waals surface area contributed by atoms with Gasteiger partial charge < -0.3 is 20.1 Å². The Hall–Kier alpha value is -3.63. The van der Waals surface area contributed by atoms with Gasteiger partial charge in [0.15, 0.2) is 5.16 Å². The van der Waals surface area contributed by atoms with Crippen LogP contribution in [0.5, 0.6) is 5.75 Å². The van der Waals surface area contributed by atoms with Crippen LogP contribution in [0.1, 0.15) is 26.4 Å². The molecule has 0 atom stereocenters. The van der Waals surface area contributed by atoms with Crippen molar-refractivity contribution in [2.45, 2.75) is 25.6 Å². The number of H-pyrrole nitrogens is 1. The second-order valence-corrected chi connectivity index (χ2v) is 9.49. The lowest BCUT2D eigenvalue weighted by atomic mass is 10.2. The van der Waals surface area contributed by atoms with Crippen LogP contribution >= 0.6 is 23.1 Å². The van der Waals surface area contributed by atoms with Crippen molar-refractivity contribution in [2.24, 2.45) is 0 Å². The average Bonchev–Trinajstić information content (AvgIpc) is 3.16. The van der Waals surface area contributed by atoms with E-state index in [-0.39, 0.29) is 34.7 Å². The first-order chi connectivity index (χ1) is 16.3. The molecule has 4 rings (SSSR count). The van der Waals surface area contributed by atoms with E-state index in [1.165, 1.54) is 6.07 Å². The first-order valence-corrected chi connectivity index (χ1v) is 12.1. The molecule has 0 unspecified atom stereocenters. The number of nitrogens with one attached hydrogen (secondary N) is 2. The van der Waals surface area contributed by atoms with Crippen molar-refractivity contribution < 1.29 is 19.4 Å². The van der Waals surface area contributed by atoms with Crippen LogP contribution in [0.2, 0.25) is 0 Å². The van der Waals surface area contributed by atoms with Crippen LogP contribution in [-0.2, 0) is 16.1 Å². The number of aromatic nitrogens is 2. The minimum absolute atomic E-state index is 0.0296. The molecule has 2 heterocycles.